The van der Waals surface area contributed by atoms with Crippen molar-refractivity contribution in [3.63, 3.8) is 0 Å². The maximum atomic E-state index is 6.02. The van der Waals surface area contributed by atoms with Crippen molar-refractivity contribution in [2.45, 2.75) is 6.92 Å². The molecule has 0 aliphatic rings. The van der Waals surface area contributed by atoms with Crippen LogP contribution in [-0.4, -0.2) is 31.5 Å². The van der Waals surface area contributed by atoms with Crippen molar-refractivity contribution in [3.8, 4) is 28.5 Å². The lowest BCUT2D eigenvalue weighted by Crippen LogP contribution is -1.97. The average molecular weight is 263 g/mol. The van der Waals surface area contributed by atoms with Gasteiger partial charge in [0.2, 0.25) is 0 Å². The summed E-state index contributed by atoms with van der Waals surface area (Å²) >= 11 is 0. The SMILES string of the molecule is COc1cc(OC)c(-c2n[nH]c(C)c2N)c(OC)c1. The number of aryl methyl sites for hydroxylation is 1. The molecule has 0 bridgehead atoms. The molecule has 19 heavy (non-hydrogen) atoms. The summed E-state index contributed by atoms with van der Waals surface area (Å²) in [4.78, 5) is 0. The number of benzene rings is 1. The normalized spacial score (nSPS) is 10.3. The molecule has 0 amide bonds. The molecule has 0 radical (unpaired) electrons. The zero-order valence-electron chi connectivity index (χ0n) is 11.4. The highest BCUT2D eigenvalue weighted by Gasteiger charge is 2.20. The van der Waals surface area contributed by atoms with Gasteiger partial charge in [-0.3, -0.25) is 5.10 Å². The average Bonchev–Trinajstić information content (AvgIpc) is 2.77. The van der Waals surface area contributed by atoms with Crippen molar-refractivity contribution in [2.24, 2.45) is 0 Å². The Bertz CT molecular complexity index is 568. The van der Waals surface area contributed by atoms with Crippen molar-refractivity contribution >= 4 is 5.69 Å². The molecule has 6 heteroatoms. The van der Waals surface area contributed by atoms with Crippen molar-refractivity contribution in [2.75, 3.05) is 27.1 Å². The third kappa shape index (κ3) is 2.16. The van der Waals surface area contributed by atoms with Gasteiger partial charge < -0.3 is 19.9 Å². The summed E-state index contributed by atoms with van der Waals surface area (Å²) < 4.78 is 16.0. The first kappa shape index (κ1) is 13.1. The lowest BCUT2D eigenvalue weighted by atomic mass is 10.1. The number of H-pyrrole nitrogens is 1. The van der Waals surface area contributed by atoms with E-state index in [0.717, 1.165) is 5.69 Å². The number of nitrogens with two attached hydrogens (primary N) is 1. The van der Waals surface area contributed by atoms with E-state index in [1.54, 1.807) is 33.5 Å². The van der Waals surface area contributed by atoms with E-state index < -0.39 is 0 Å². The predicted octanol–water partition coefficient (Wildman–Crippen LogP) is 1.99. The van der Waals surface area contributed by atoms with E-state index in [9.17, 15) is 0 Å². The number of rotatable bonds is 4. The summed E-state index contributed by atoms with van der Waals surface area (Å²) in [5, 5.41) is 7.06. The minimum absolute atomic E-state index is 0.571. The zero-order valence-corrected chi connectivity index (χ0v) is 11.4. The summed E-state index contributed by atoms with van der Waals surface area (Å²) in [7, 11) is 4.74. The number of ether oxygens (including phenoxy) is 3. The van der Waals surface area contributed by atoms with Crippen molar-refractivity contribution < 1.29 is 14.2 Å². The van der Waals surface area contributed by atoms with Crippen LogP contribution >= 0.6 is 0 Å². The largest absolute Gasteiger partial charge is 0.496 e. The number of nitrogens with zero attached hydrogens (tertiary/aromatic N) is 1. The molecule has 0 aliphatic heterocycles. The van der Waals surface area contributed by atoms with Gasteiger partial charge in [0.25, 0.3) is 0 Å². The molecule has 0 atom stereocenters. The number of methoxy groups -OCH3 is 3. The first-order valence-corrected chi connectivity index (χ1v) is 5.73. The molecule has 2 rings (SSSR count). The van der Waals surface area contributed by atoms with Crippen LogP contribution in [0.15, 0.2) is 12.1 Å². The van der Waals surface area contributed by atoms with E-state index in [1.807, 2.05) is 6.92 Å². The van der Waals surface area contributed by atoms with Crippen LogP contribution in [0.1, 0.15) is 5.69 Å². The fraction of sp³-hybridized carbons (Fsp3) is 0.308. The van der Waals surface area contributed by atoms with Gasteiger partial charge in [0.1, 0.15) is 22.9 Å². The minimum Gasteiger partial charge on any atom is -0.496 e. The Kier molecular flexibility index (Phi) is 3.50. The van der Waals surface area contributed by atoms with Gasteiger partial charge in [-0.2, -0.15) is 5.10 Å². The van der Waals surface area contributed by atoms with E-state index in [0.29, 0.717) is 34.2 Å². The Morgan fingerprint density at radius 1 is 1.05 bits per heavy atom. The van der Waals surface area contributed by atoms with Gasteiger partial charge in [-0.25, -0.2) is 0 Å². The molecule has 0 fully saturated rings. The molecule has 1 aromatic carbocycles. The molecule has 0 saturated heterocycles. The minimum atomic E-state index is 0.571. The summed E-state index contributed by atoms with van der Waals surface area (Å²) in [6.45, 7) is 1.86. The molecular formula is C13H17N3O3. The highest BCUT2D eigenvalue weighted by atomic mass is 16.5. The molecule has 2 aromatic rings. The van der Waals surface area contributed by atoms with Gasteiger partial charge in [0.15, 0.2) is 0 Å². The smallest absolute Gasteiger partial charge is 0.135 e. The van der Waals surface area contributed by atoms with E-state index in [1.165, 1.54) is 0 Å². The Balaban J connectivity index is 2.70. The fourth-order valence-electron chi connectivity index (χ4n) is 1.87. The van der Waals surface area contributed by atoms with Crippen molar-refractivity contribution in [1.29, 1.82) is 0 Å². The molecule has 3 N–H and O–H groups in total. The van der Waals surface area contributed by atoms with E-state index >= 15 is 0 Å². The third-order valence-corrected chi connectivity index (χ3v) is 2.95. The summed E-state index contributed by atoms with van der Waals surface area (Å²) in [6, 6.07) is 3.53. The number of hydrogen-bond donors (Lipinski definition) is 2. The number of aromatic amines is 1. The highest BCUT2D eigenvalue weighted by molar-refractivity contribution is 5.83. The summed E-state index contributed by atoms with van der Waals surface area (Å²) in [5.74, 6) is 1.83. The number of aromatic nitrogens is 2. The Hall–Kier alpha value is -2.37. The molecule has 0 aliphatic carbocycles. The topological polar surface area (TPSA) is 82.4 Å². The van der Waals surface area contributed by atoms with Gasteiger partial charge in [0.05, 0.1) is 38.3 Å². The van der Waals surface area contributed by atoms with E-state index in [4.69, 9.17) is 19.9 Å². The third-order valence-electron chi connectivity index (χ3n) is 2.95. The Morgan fingerprint density at radius 2 is 1.63 bits per heavy atom. The number of anilines is 1. The highest BCUT2D eigenvalue weighted by Crippen LogP contribution is 2.43. The quantitative estimate of drug-likeness (QED) is 0.881. The first-order chi connectivity index (χ1) is 9.12. The molecule has 6 nitrogen and oxygen atoms in total. The number of nitrogen functional groups attached to an aromatic ring is 1. The van der Waals surface area contributed by atoms with Crippen LogP contribution in [0.4, 0.5) is 5.69 Å². The second-order valence-corrected chi connectivity index (χ2v) is 4.02. The Labute approximate surface area is 111 Å². The van der Waals surface area contributed by atoms with Gasteiger partial charge in [-0.1, -0.05) is 0 Å². The second-order valence-electron chi connectivity index (χ2n) is 4.02. The van der Waals surface area contributed by atoms with Crippen LogP contribution in [0.3, 0.4) is 0 Å². The molecule has 0 saturated carbocycles. The first-order valence-electron chi connectivity index (χ1n) is 5.73. The molecule has 102 valence electrons. The molecule has 1 aromatic heterocycles. The number of nitrogens with one attached hydrogen (secondary N) is 1. The van der Waals surface area contributed by atoms with E-state index in [2.05, 4.69) is 10.2 Å². The van der Waals surface area contributed by atoms with Crippen LogP contribution in [0.25, 0.3) is 11.3 Å². The maximum Gasteiger partial charge on any atom is 0.135 e. The maximum absolute atomic E-state index is 6.02. The fourth-order valence-corrected chi connectivity index (χ4v) is 1.87. The van der Waals surface area contributed by atoms with Gasteiger partial charge >= 0.3 is 0 Å². The zero-order chi connectivity index (χ0) is 14.0. The predicted molar refractivity (Wildman–Crippen MR) is 72.8 cm³/mol. The van der Waals surface area contributed by atoms with Crippen LogP contribution in [0.2, 0.25) is 0 Å². The summed E-state index contributed by atoms with van der Waals surface area (Å²) in [6.07, 6.45) is 0. The number of hydrogen-bond acceptors (Lipinski definition) is 5. The van der Waals surface area contributed by atoms with Gasteiger partial charge in [0, 0.05) is 12.1 Å². The van der Waals surface area contributed by atoms with Crippen molar-refractivity contribution in [3.05, 3.63) is 17.8 Å². The molecular weight excluding hydrogens is 246 g/mol. The monoisotopic (exact) mass is 263 g/mol. The van der Waals surface area contributed by atoms with Gasteiger partial charge in [-0.15, -0.1) is 0 Å². The van der Waals surface area contributed by atoms with Crippen LogP contribution in [0, 0.1) is 6.92 Å². The molecule has 0 unspecified atom stereocenters. The second kappa shape index (κ2) is 5.09. The summed E-state index contributed by atoms with van der Waals surface area (Å²) in [5.41, 5.74) is 8.70. The van der Waals surface area contributed by atoms with Gasteiger partial charge in [-0.05, 0) is 6.92 Å². The molecule has 1 heterocycles. The van der Waals surface area contributed by atoms with Crippen LogP contribution in [-0.2, 0) is 0 Å². The lowest BCUT2D eigenvalue weighted by molar-refractivity contribution is 0.377. The van der Waals surface area contributed by atoms with Crippen LogP contribution in [0.5, 0.6) is 17.2 Å². The molecule has 0 spiro atoms. The van der Waals surface area contributed by atoms with Crippen molar-refractivity contribution in [1.82, 2.24) is 10.2 Å². The lowest BCUT2D eigenvalue weighted by Gasteiger charge is -2.14. The van der Waals surface area contributed by atoms with Crippen LogP contribution < -0.4 is 19.9 Å². The standard InChI is InChI=1S/C13H17N3O3/c1-7-12(14)13(16-15-7)11-9(18-3)5-8(17-2)6-10(11)19-4/h5-6H,14H2,1-4H3,(H,15,16). The Morgan fingerprint density at radius 3 is 2.00 bits per heavy atom. The van der Waals surface area contributed by atoms with E-state index in [-0.39, 0.29) is 0 Å².